The first kappa shape index (κ1) is 8.04. The molecule has 1 heterocycles. The second-order valence-corrected chi connectivity index (χ2v) is 2.64. The zero-order chi connectivity index (χ0) is 8.43. The van der Waals surface area contributed by atoms with E-state index in [1.54, 1.807) is 4.68 Å². The first-order valence-corrected chi connectivity index (χ1v) is 3.74. The number of nitrogens with zero attached hydrogens (tertiary/aromatic N) is 4. The Morgan fingerprint density at radius 3 is 2.55 bits per heavy atom. The minimum absolute atomic E-state index is 0.974. The van der Waals surface area contributed by atoms with Gasteiger partial charge in [0, 0.05) is 20.6 Å². The van der Waals surface area contributed by atoms with Gasteiger partial charge in [-0.15, -0.1) is 5.10 Å². The summed E-state index contributed by atoms with van der Waals surface area (Å²) in [5, 5.41) is 7.87. The molecule has 11 heavy (non-hydrogen) atoms. The van der Waals surface area contributed by atoms with Crippen molar-refractivity contribution in [3.63, 3.8) is 0 Å². The number of aromatic nitrogens is 3. The lowest BCUT2D eigenvalue weighted by atomic mass is 10.4. The fourth-order valence-corrected chi connectivity index (χ4v) is 1.13. The Bertz CT molecular complexity index is 221. The SMILES string of the molecule is CCN(C)c1c(C)nnn1C. The van der Waals surface area contributed by atoms with Gasteiger partial charge < -0.3 is 4.90 Å². The van der Waals surface area contributed by atoms with Crippen molar-refractivity contribution in [1.29, 1.82) is 0 Å². The molecule has 0 aromatic carbocycles. The number of anilines is 1. The molecule has 0 atom stereocenters. The lowest BCUT2D eigenvalue weighted by Gasteiger charge is -2.16. The fourth-order valence-electron chi connectivity index (χ4n) is 1.13. The van der Waals surface area contributed by atoms with Gasteiger partial charge in [-0.1, -0.05) is 5.21 Å². The largest absolute Gasteiger partial charge is 0.359 e. The summed E-state index contributed by atoms with van der Waals surface area (Å²) in [6, 6.07) is 0. The van der Waals surface area contributed by atoms with Gasteiger partial charge in [0.15, 0.2) is 0 Å². The van der Waals surface area contributed by atoms with Crippen LogP contribution in [0.5, 0.6) is 0 Å². The van der Waals surface area contributed by atoms with Crippen LogP contribution in [0.2, 0.25) is 0 Å². The predicted molar refractivity (Wildman–Crippen MR) is 44.7 cm³/mol. The Balaban J connectivity index is 3.00. The van der Waals surface area contributed by atoms with Crippen molar-refractivity contribution in [1.82, 2.24) is 15.0 Å². The maximum absolute atomic E-state index is 3.96. The Kier molecular flexibility index (Phi) is 2.12. The third kappa shape index (κ3) is 1.34. The molecule has 0 radical (unpaired) electrons. The molecule has 0 aliphatic heterocycles. The molecule has 0 saturated carbocycles. The Hall–Kier alpha value is -1.06. The third-order valence-electron chi connectivity index (χ3n) is 1.79. The first-order chi connectivity index (χ1) is 5.16. The molecule has 0 spiro atoms. The Morgan fingerprint density at radius 2 is 2.18 bits per heavy atom. The van der Waals surface area contributed by atoms with Crippen molar-refractivity contribution in [3.05, 3.63) is 5.69 Å². The van der Waals surface area contributed by atoms with Crippen LogP contribution >= 0.6 is 0 Å². The molecule has 62 valence electrons. The quantitative estimate of drug-likeness (QED) is 0.625. The van der Waals surface area contributed by atoms with Crippen LogP contribution in [0.25, 0.3) is 0 Å². The second kappa shape index (κ2) is 2.90. The zero-order valence-electron chi connectivity index (χ0n) is 7.50. The molecule has 0 aliphatic carbocycles. The molecule has 0 unspecified atom stereocenters. The van der Waals surface area contributed by atoms with Crippen LogP contribution in [0.3, 0.4) is 0 Å². The van der Waals surface area contributed by atoms with Crippen LogP contribution in [-0.4, -0.2) is 28.6 Å². The normalized spacial score (nSPS) is 10.2. The van der Waals surface area contributed by atoms with Crippen LogP contribution in [0.15, 0.2) is 0 Å². The Morgan fingerprint density at radius 1 is 1.55 bits per heavy atom. The molecule has 1 aromatic rings. The van der Waals surface area contributed by atoms with Crippen LogP contribution in [0, 0.1) is 6.92 Å². The van der Waals surface area contributed by atoms with Gasteiger partial charge in [-0.05, 0) is 13.8 Å². The standard InChI is InChI=1S/C7H14N4/c1-5-10(3)7-6(2)8-9-11(7)4/h5H2,1-4H3. The summed E-state index contributed by atoms with van der Waals surface area (Å²) in [4.78, 5) is 2.12. The summed E-state index contributed by atoms with van der Waals surface area (Å²) >= 11 is 0. The average molecular weight is 154 g/mol. The third-order valence-corrected chi connectivity index (χ3v) is 1.79. The van der Waals surface area contributed by atoms with Crippen LogP contribution < -0.4 is 4.90 Å². The van der Waals surface area contributed by atoms with Crippen molar-refractivity contribution in [2.45, 2.75) is 13.8 Å². The van der Waals surface area contributed by atoms with Gasteiger partial charge in [-0.3, -0.25) is 0 Å². The average Bonchev–Trinajstić information content (AvgIpc) is 2.30. The van der Waals surface area contributed by atoms with E-state index in [2.05, 4.69) is 22.1 Å². The molecular weight excluding hydrogens is 140 g/mol. The maximum Gasteiger partial charge on any atom is 0.149 e. The topological polar surface area (TPSA) is 34.0 Å². The van der Waals surface area contributed by atoms with E-state index >= 15 is 0 Å². The Labute approximate surface area is 66.8 Å². The highest BCUT2D eigenvalue weighted by molar-refractivity contribution is 5.41. The van der Waals surface area contributed by atoms with E-state index in [4.69, 9.17) is 0 Å². The summed E-state index contributed by atoms with van der Waals surface area (Å²) in [6.45, 7) is 5.04. The zero-order valence-corrected chi connectivity index (χ0v) is 7.50. The van der Waals surface area contributed by atoms with Crippen molar-refractivity contribution in [3.8, 4) is 0 Å². The summed E-state index contributed by atoms with van der Waals surface area (Å²) in [6.07, 6.45) is 0. The number of rotatable bonds is 2. The molecule has 0 aliphatic rings. The van der Waals surface area contributed by atoms with Crippen LogP contribution in [-0.2, 0) is 7.05 Å². The first-order valence-electron chi connectivity index (χ1n) is 3.74. The molecule has 1 rings (SSSR count). The van der Waals surface area contributed by atoms with E-state index < -0.39 is 0 Å². The monoisotopic (exact) mass is 154 g/mol. The van der Waals surface area contributed by atoms with E-state index in [-0.39, 0.29) is 0 Å². The molecule has 0 amide bonds. The maximum atomic E-state index is 3.96. The van der Waals surface area contributed by atoms with Crippen LogP contribution in [0.4, 0.5) is 5.82 Å². The number of hydrogen-bond donors (Lipinski definition) is 0. The van der Waals surface area contributed by atoms with E-state index in [0.29, 0.717) is 0 Å². The molecular formula is C7H14N4. The summed E-state index contributed by atoms with van der Waals surface area (Å²) in [5.74, 6) is 1.09. The molecule has 0 bridgehead atoms. The van der Waals surface area contributed by atoms with Gasteiger partial charge >= 0.3 is 0 Å². The van der Waals surface area contributed by atoms with Gasteiger partial charge in [-0.25, -0.2) is 4.68 Å². The molecule has 0 fully saturated rings. The highest BCUT2D eigenvalue weighted by Gasteiger charge is 2.08. The highest BCUT2D eigenvalue weighted by Crippen LogP contribution is 2.13. The molecule has 4 heteroatoms. The van der Waals surface area contributed by atoms with E-state index in [9.17, 15) is 0 Å². The van der Waals surface area contributed by atoms with Gasteiger partial charge in [-0.2, -0.15) is 0 Å². The van der Waals surface area contributed by atoms with E-state index in [1.165, 1.54) is 0 Å². The minimum atomic E-state index is 0.974. The predicted octanol–water partition coefficient (Wildman–Crippen LogP) is 0.580. The number of aryl methyl sites for hydroxylation is 2. The highest BCUT2D eigenvalue weighted by atomic mass is 15.5. The molecule has 4 nitrogen and oxygen atoms in total. The molecule has 0 N–H and O–H groups in total. The van der Waals surface area contributed by atoms with Gasteiger partial charge in [0.2, 0.25) is 0 Å². The van der Waals surface area contributed by atoms with Gasteiger partial charge in [0.25, 0.3) is 0 Å². The molecule has 1 aromatic heterocycles. The summed E-state index contributed by atoms with van der Waals surface area (Å²) in [5.41, 5.74) is 0.983. The summed E-state index contributed by atoms with van der Waals surface area (Å²) < 4.78 is 1.79. The summed E-state index contributed by atoms with van der Waals surface area (Å²) in [7, 11) is 3.94. The van der Waals surface area contributed by atoms with E-state index in [0.717, 1.165) is 18.1 Å². The van der Waals surface area contributed by atoms with Gasteiger partial charge in [0.05, 0.1) is 0 Å². The molecule has 0 saturated heterocycles. The van der Waals surface area contributed by atoms with Crippen molar-refractivity contribution >= 4 is 5.82 Å². The van der Waals surface area contributed by atoms with Crippen molar-refractivity contribution in [2.24, 2.45) is 7.05 Å². The van der Waals surface area contributed by atoms with Gasteiger partial charge in [0.1, 0.15) is 11.5 Å². The second-order valence-electron chi connectivity index (χ2n) is 2.64. The minimum Gasteiger partial charge on any atom is -0.359 e. The fraction of sp³-hybridized carbons (Fsp3) is 0.714. The lowest BCUT2D eigenvalue weighted by Crippen LogP contribution is -2.19. The lowest BCUT2D eigenvalue weighted by molar-refractivity contribution is 0.701. The van der Waals surface area contributed by atoms with Crippen molar-refractivity contribution < 1.29 is 0 Å². The van der Waals surface area contributed by atoms with E-state index in [1.807, 2.05) is 21.0 Å². The van der Waals surface area contributed by atoms with Crippen LogP contribution in [0.1, 0.15) is 12.6 Å². The van der Waals surface area contributed by atoms with Crippen molar-refractivity contribution in [2.75, 3.05) is 18.5 Å². The number of hydrogen-bond acceptors (Lipinski definition) is 3. The smallest absolute Gasteiger partial charge is 0.149 e.